The van der Waals surface area contributed by atoms with Crippen molar-refractivity contribution in [3.05, 3.63) is 39.8 Å². The molecule has 1 aliphatic carbocycles. The lowest BCUT2D eigenvalue weighted by Gasteiger charge is -2.21. The summed E-state index contributed by atoms with van der Waals surface area (Å²) in [6.45, 7) is 0.104. The second kappa shape index (κ2) is 11.8. The van der Waals surface area contributed by atoms with Crippen LogP contribution in [0, 0.1) is 0 Å². The van der Waals surface area contributed by atoms with Gasteiger partial charge in [0.2, 0.25) is 5.91 Å². The van der Waals surface area contributed by atoms with Crippen LogP contribution in [0.15, 0.2) is 18.2 Å². The molecular weight excluding hydrogens is 460 g/mol. The summed E-state index contributed by atoms with van der Waals surface area (Å²) in [5, 5.41) is 3.36. The van der Waals surface area contributed by atoms with Crippen molar-refractivity contribution in [3.8, 4) is 11.5 Å². The molecule has 10 heteroatoms. The number of carbonyl (C=O) groups is 3. The molecule has 0 atom stereocenters. The summed E-state index contributed by atoms with van der Waals surface area (Å²) in [5.74, 6) is -0.0657. The van der Waals surface area contributed by atoms with Crippen molar-refractivity contribution in [2.24, 2.45) is 0 Å². The fraction of sp³-hybridized carbons (Fsp3) is 0.458. The number of anilines is 1. The molecule has 1 aromatic heterocycles. The van der Waals surface area contributed by atoms with Gasteiger partial charge < -0.3 is 24.3 Å². The molecule has 34 heavy (non-hydrogen) atoms. The molecular formula is C24H30N2O7S. The van der Waals surface area contributed by atoms with Crippen LogP contribution in [0.2, 0.25) is 0 Å². The van der Waals surface area contributed by atoms with Crippen LogP contribution in [0.1, 0.15) is 39.2 Å². The smallest absolute Gasteiger partial charge is 0.341 e. The Bertz CT molecular complexity index is 1030. The summed E-state index contributed by atoms with van der Waals surface area (Å²) < 4.78 is 20.4. The molecule has 0 spiro atoms. The second-order valence-corrected chi connectivity index (χ2v) is 9.00. The van der Waals surface area contributed by atoms with Crippen molar-refractivity contribution >= 4 is 34.2 Å². The minimum Gasteiger partial charge on any atom is -0.497 e. The van der Waals surface area contributed by atoms with Crippen LogP contribution in [0.4, 0.5) is 5.00 Å². The fourth-order valence-corrected chi connectivity index (χ4v) is 5.27. The van der Waals surface area contributed by atoms with E-state index in [1.165, 1.54) is 25.6 Å². The topological polar surface area (TPSA) is 103 Å². The summed E-state index contributed by atoms with van der Waals surface area (Å²) in [7, 11) is 5.74. The van der Waals surface area contributed by atoms with Crippen molar-refractivity contribution in [2.45, 2.75) is 32.2 Å². The fourth-order valence-electron chi connectivity index (χ4n) is 3.97. The maximum atomic E-state index is 13.0. The number of esters is 2. The molecule has 1 aromatic carbocycles. The van der Waals surface area contributed by atoms with Crippen molar-refractivity contribution < 1.29 is 33.3 Å². The first-order chi connectivity index (χ1) is 16.4. The molecule has 3 rings (SSSR count). The monoisotopic (exact) mass is 490 g/mol. The number of thiophene rings is 1. The van der Waals surface area contributed by atoms with E-state index in [4.69, 9.17) is 18.9 Å². The van der Waals surface area contributed by atoms with Gasteiger partial charge in [-0.3, -0.25) is 14.5 Å². The van der Waals surface area contributed by atoms with Gasteiger partial charge >= 0.3 is 11.9 Å². The lowest BCUT2D eigenvalue weighted by Crippen LogP contribution is -2.37. The predicted octanol–water partition coefficient (Wildman–Crippen LogP) is 3.04. The van der Waals surface area contributed by atoms with Crippen LogP contribution in [0.25, 0.3) is 0 Å². The van der Waals surface area contributed by atoms with Gasteiger partial charge in [0.05, 0.1) is 47.1 Å². The van der Waals surface area contributed by atoms with E-state index in [9.17, 15) is 14.4 Å². The molecule has 0 radical (unpaired) electrons. The zero-order chi connectivity index (χ0) is 24.7. The highest BCUT2D eigenvalue weighted by molar-refractivity contribution is 7.17. The molecule has 1 aliphatic rings. The number of hydrogen-bond donors (Lipinski definition) is 1. The van der Waals surface area contributed by atoms with Gasteiger partial charge in [0.15, 0.2) is 0 Å². The number of aryl methyl sites for hydroxylation is 1. The SMILES string of the molecule is COC(=O)CN(CC(=O)Nc1sc2c(c1C(=O)OC)CCCC2)Cc1cc(OC)cc(OC)c1. The highest BCUT2D eigenvalue weighted by atomic mass is 32.1. The number of fused-ring (bicyclic) bond motifs is 1. The first kappa shape index (κ1) is 25.5. The van der Waals surface area contributed by atoms with Crippen molar-refractivity contribution in [3.63, 3.8) is 0 Å². The summed E-state index contributed by atoms with van der Waals surface area (Å²) in [5.41, 5.74) is 2.20. The Morgan fingerprint density at radius 2 is 1.62 bits per heavy atom. The molecule has 0 saturated carbocycles. The first-order valence-electron chi connectivity index (χ1n) is 10.9. The maximum Gasteiger partial charge on any atom is 0.341 e. The van der Waals surface area contributed by atoms with Gasteiger partial charge in [-0.25, -0.2) is 4.79 Å². The van der Waals surface area contributed by atoms with Crippen molar-refractivity contribution in [2.75, 3.05) is 46.8 Å². The van der Waals surface area contributed by atoms with E-state index in [0.717, 1.165) is 41.7 Å². The van der Waals surface area contributed by atoms with E-state index in [1.54, 1.807) is 25.2 Å². The molecule has 0 aliphatic heterocycles. The molecule has 1 heterocycles. The summed E-state index contributed by atoms with van der Waals surface area (Å²) in [6, 6.07) is 5.37. The van der Waals surface area contributed by atoms with Gasteiger partial charge in [-0.1, -0.05) is 0 Å². The lowest BCUT2D eigenvalue weighted by molar-refractivity contribution is -0.142. The molecule has 0 fully saturated rings. The van der Waals surface area contributed by atoms with E-state index in [0.29, 0.717) is 22.1 Å². The zero-order valence-corrected chi connectivity index (χ0v) is 20.7. The van der Waals surface area contributed by atoms with Crippen LogP contribution >= 0.6 is 11.3 Å². The Balaban J connectivity index is 1.80. The predicted molar refractivity (Wildman–Crippen MR) is 128 cm³/mol. The standard InChI is InChI=1S/C24H30N2O7S/c1-30-16-9-15(10-17(11-16)31-2)12-26(14-21(28)32-3)13-20(27)25-23-22(24(29)33-4)18-7-5-6-8-19(18)34-23/h9-11H,5-8,12-14H2,1-4H3,(H,25,27). The lowest BCUT2D eigenvalue weighted by atomic mass is 9.95. The second-order valence-electron chi connectivity index (χ2n) is 7.90. The van der Waals surface area contributed by atoms with Crippen LogP contribution in [-0.2, 0) is 38.4 Å². The molecule has 1 N–H and O–H groups in total. The number of rotatable bonds is 10. The summed E-state index contributed by atoms with van der Waals surface area (Å²) in [4.78, 5) is 40.2. The molecule has 1 amide bonds. The molecule has 184 valence electrons. The first-order valence-corrected chi connectivity index (χ1v) is 11.7. The number of ether oxygens (including phenoxy) is 4. The normalized spacial score (nSPS) is 12.6. The highest BCUT2D eigenvalue weighted by Crippen LogP contribution is 2.38. The van der Waals surface area contributed by atoms with Crippen molar-refractivity contribution in [1.29, 1.82) is 0 Å². The molecule has 9 nitrogen and oxygen atoms in total. The van der Waals surface area contributed by atoms with E-state index >= 15 is 0 Å². The number of carbonyl (C=O) groups excluding carboxylic acids is 3. The third kappa shape index (κ3) is 6.27. The van der Waals surface area contributed by atoms with E-state index in [1.807, 2.05) is 12.1 Å². The van der Waals surface area contributed by atoms with Gasteiger partial charge in [-0.2, -0.15) is 0 Å². The van der Waals surface area contributed by atoms with Crippen molar-refractivity contribution in [1.82, 2.24) is 4.90 Å². The van der Waals surface area contributed by atoms with E-state index < -0.39 is 11.9 Å². The van der Waals surface area contributed by atoms with Gasteiger partial charge in [-0.05, 0) is 48.9 Å². The van der Waals surface area contributed by atoms with Crippen LogP contribution in [0.5, 0.6) is 11.5 Å². The largest absolute Gasteiger partial charge is 0.497 e. The number of benzene rings is 1. The average molecular weight is 491 g/mol. The Morgan fingerprint density at radius 1 is 0.941 bits per heavy atom. The molecule has 0 saturated heterocycles. The molecule has 2 aromatic rings. The maximum absolute atomic E-state index is 13.0. The summed E-state index contributed by atoms with van der Waals surface area (Å²) >= 11 is 1.42. The third-order valence-corrected chi connectivity index (χ3v) is 6.79. The van der Waals surface area contributed by atoms with Crippen LogP contribution in [0.3, 0.4) is 0 Å². The Morgan fingerprint density at radius 3 is 2.24 bits per heavy atom. The van der Waals surface area contributed by atoms with Crippen LogP contribution in [-0.4, -0.2) is 64.3 Å². The molecule has 0 bridgehead atoms. The average Bonchev–Trinajstić information content (AvgIpc) is 3.20. The van der Waals surface area contributed by atoms with E-state index in [-0.39, 0.29) is 25.5 Å². The Hall–Kier alpha value is -3.11. The quantitative estimate of drug-likeness (QED) is 0.507. The van der Waals surface area contributed by atoms with Gasteiger partial charge in [0.25, 0.3) is 0 Å². The number of nitrogens with one attached hydrogen (secondary N) is 1. The number of hydrogen-bond acceptors (Lipinski definition) is 9. The zero-order valence-electron chi connectivity index (χ0n) is 19.9. The third-order valence-electron chi connectivity index (χ3n) is 5.58. The van der Waals surface area contributed by atoms with Gasteiger partial charge in [-0.15, -0.1) is 11.3 Å². The highest BCUT2D eigenvalue weighted by Gasteiger charge is 2.27. The van der Waals surface area contributed by atoms with Crippen LogP contribution < -0.4 is 14.8 Å². The van der Waals surface area contributed by atoms with E-state index in [2.05, 4.69) is 5.32 Å². The minimum atomic E-state index is -0.468. The van der Waals surface area contributed by atoms with Gasteiger partial charge in [0, 0.05) is 17.5 Å². The Kier molecular flexibility index (Phi) is 8.89. The van der Waals surface area contributed by atoms with Gasteiger partial charge in [0.1, 0.15) is 16.5 Å². The number of methoxy groups -OCH3 is 4. The molecule has 0 unspecified atom stereocenters. The number of nitrogens with zero attached hydrogens (tertiary/aromatic N) is 1. The Labute approximate surface area is 202 Å². The number of amides is 1. The summed E-state index contributed by atoms with van der Waals surface area (Å²) in [6.07, 6.45) is 3.72. The minimum absolute atomic E-state index is 0.0855.